The Labute approximate surface area is 168 Å². The Hall–Kier alpha value is -2.47. The van der Waals surface area contributed by atoms with Gasteiger partial charge in [0.25, 0.3) is 11.5 Å². The van der Waals surface area contributed by atoms with E-state index in [1.54, 1.807) is 4.57 Å². The van der Waals surface area contributed by atoms with Crippen molar-refractivity contribution in [3.8, 4) is 0 Å². The molecule has 1 N–H and O–H groups in total. The van der Waals surface area contributed by atoms with Crippen LogP contribution in [0, 0.1) is 6.92 Å². The minimum Gasteiger partial charge on any atom is -0.321 e. The summed E-state index contributed by atoms with van der Waals surface area (Å²) in [5.74, 6) is 0.660. The molecule has 146 valence electrons. The lowest BCUT2D eigenvalue weighted by atomic mass is 10.1. The Morgan fingerprint density at radius 3 is 2.79 bits per heavy atom. The number of fused-ring (bicyclic) bond motifs is 2. The van der Waals surface area contributed by atoms with Crippen LogP contribution in [0.25, 0.3) is 10.2 Å². The molecule has 28 heavy (non-hydrogen) atoms. The van der Waals surface area contributed by atoms with E-state index in [4.69, 9.17) is 0 Å². The Bertz CT molecular complexity index is 1080. The highest BCUT2D eigenvalue weighted by molar-refractivity contribution is 7.20. The van der Waals surface area contributed by atoms with E-state index in [9.17, 15) is 9.59 Å². The van der Waals surface area contributed by atoms with E-state index >= 15 is 0 Å². The van der Waals surface area contributed by atoms with E-state index in [1.165, 1.54) is 36.2 Å². The van der Waals surface area contributed by atoms with Crippen LogP contribution >= 0.6 is 11.3 Å². The Balaban J connectivity index is 1.55. The Kier molecular flexibility index (Phi) is 5.31. The topological polar surface area (TPSA) is 64.0 Å². The van der Waals surface area contributed by atoms with Crippen LogP contribution in [-0.2, 0) is 19.4 Å². The molecule has 4 rings (SSSR count). The molecule has 1 aromatic carbocycles. The number of nitrogens with zero attached hydrogens (tertiary/aromatic N) is 2. The fraction of sp³-hybridized carbons (Fsp3) is 0.409. The van der Waals surface area contributed by atoms with Gasteiger partial charge in [-0.3, -0.25) is 14.2 Å². The number of carbonyl (C=O) groups excluding carboxylic acids is 1. The third-order valence-electron chi connectivity index (χ3n) is 5.40. The van der Waals surface area contributed by atoms with Crippen molar-refractivity contribution in [1.29, 1.82) is 0 Å². The molecule has 2 aromatic heterocycles. The van der Waals surface area contributed by atoms with Gasteiger partial charge in [-0.25, -0.2) is 4.98 Å². The molecular weight excluding hydrogens is 370 g/mol. The first-order valence-electron chi connectivity index (χ1n) is 10.0. The molecule has 1 aliphatic heterocycles. The predicted octanol–water partition coefficient (Wildman–Crippen LogP) is 4.70. The summed E-state index contributed by atoms with van der Waals surface area (Å²) in [7, 11) is 0. The molecule has 1 aliphatic rings. The van der Waals surface area contributed by atoms with E-state index in [1.807, 2.05) is 19.1 Å². The minimum atomic E-state index is -0.177. The largest absolute Gasteiger partial charge is 0.321 e. The van der Waals surface area contributed by atoms with Gasteiger partial charge in [0, 0.05) is 18.7 Å². The minimum absolute atomic E-state index is 0.0123. The monoisotopic (exact) mass is 395 g/mol. The summed E-state index contributed by atoms with van der Waals surface area (Å²) >= 11 is 1.31. The number of unbranched alkanes of at least 4 members (excludes halogenated alkanes) is 2. The number of nitrogens with one attached hydrogen (secondary N) is 1. The Morgan fingerprint density at radius 1 is 1.25 bits per heavy atom. The SMILES string of the molecule is CCCCCc1ccc(NC(=O)c2sc3nc4n(c(=O)c3c2C)CCC4)cc1. The summed E-state index contributed by atoms with van der Waals surface area (Å²) in [6.45, 7) is 4.76. The van der Waals surface area contributed by atoms with Gasteiger partial charge in [0.1, 0.15) is 10.7 Å². The molecule has 0 bridgehead atoms. The first kappa shape index (κ1) is 18.9. The van der Waals surface area contributed by atoms with Crippen LogP contribution in [0.4, 0.5) is 5.69 Å². The van der Waals surface area contributed by atoms with Crippen molar-refractivity contribution in [2.24, 2.45) is 0 Å². The average Bonchev–Trinajstić information content (AvgIpc) is 3.28. The number of hydrogen-bond acceptors (Lipinski definition) is 4. The van der Waals surface area contributed by atoms with Gasteiger partial charge >= 0.3 is 0 Å². The zero-order chi connectivity index (χ0) is 19.7. The van der Waals surface area contributed by atoms with Gasteiger partial charge in [-0.2, -0.15) is 0 Å². The van der Waals surface area contributed by atoms with E-state index < -0.39 is 0 Å². The predicted molar refractivity (Wildman–Crippen MR) is 115 cm³/mol. The molecule has 6 heteroatoms. The molecule has 0 radical (unpaired) electrons. The van der Waals surface area contributed by atoms with Crippen LogP contribution in [0.2, 0.25) is 0 Å². The molecule has 1 amide bonds. The van der Waals surface area contributed by atoms with E-state index in [2.05, 4.69) is 29.4 Å². The summed E-state index contributed by atoms with van der Waals surface area (Å²) in [5.41, 5.74) is 2.78. The summed E-state index contributed by atoms with van der Waals surface area (Å²) < 4.78 is 1.75. The molecule has 3 aromatic rings. The third kappa shape index (κ3) is 3.49. The maximum atomic E-state index is 12.8. The van der Waals surface area contributed by atoms with Crippen LogP contribution in [0.1, 0.15) is 59.2 Å². The van der Waals surface area contributed by atoms with Crippen molar-refractivity contribution in [2.45, 2.75) is 58.9 Å². The second kappa shape index (κ2) is 7.87. The molecule has 0 spiro atoms. The second-order valence-corrected chi connectivity index (χ2v) is 8.43. The summed E-state index contributed by atoms with van der Waals surface area (Å²) in [4.78, 5) is 31.5. The van der Waals surface area contributed by atoms with E-state index in [0.717, 1.165) is 42.9 Å². The molecule has 0 saturated heterocycles. The van der Waals surface area contributed by atoms with Crippen molar-refractivity contribution in [1.82, 2.24) is 9.55 Å². The Morgan fingerprint density at radius 2 is 2.04 bits per heavy atom. The highest BCUT2D eigenvalue weighted by Gasteiger charge is 2.23. The molecule has 0 unspecified atom stereocenters. The number of rotatable bonds is 6. The fourth-order valence-electron chi connectivity index (χ4n) is 3.81. The number of aryl methyl sites for hydroxylation is 3. The lowest BCUT2D eigenvalue weighted by Gasteiger charge is -2.06. The van der Waals surface area contributed by atoms with Gasteiger partial charge in [0.2, 0.25) is 0 Å². The number of benzene rings is 1. The number of aromatic nitrogens is 2. The van der Waals surface area contributed by atoms with Crippen LogP contribution in [-0.4, -0.2) is 15.5 Å². The summed E-state index contributed by atoms with van der Waals surface area (Å²) in [6.07, 6.45) is 6.49. The fourth-order valence-corrected chi connectivity index (χ4v) is 4.90. The smallest absolute Gasteiger partial charge is 0.266 e. The van der Waals surface area contributed by atoms with Gasteiger partial charge in [-0.15, -0.1) is 11.3 Å². The molecule has 0 aliphatic carbocycles. The molecule has 0 saturated carbocycles. The highest BCUT2D eigenvalue weighted by atomic mass is 32.1. The van der Waals surface area contributed by atoms with Crippen LogP contribution in [0.5, 0.6) is 0 Å². The second-order valence-electron chi connectivity index (χ2n) is 7.43. The number of amides is 1. The molecular formula is C22H25N3O2S. The lowest BCUT2D eigenvalue weighted by molar-refractivity contribution is 0.103. The average molecular weight is 396 g/mol. The molecule has 3 heterocycles. The van der Waals surface area contributed by atoms with Crippen molar-refractivity contribution < 1.29 is 4.79 Å². The van der Waals surface area contributed by atoms with Crippen molar-refractivity contribution in [3.63, 3.8) is 0 Å². The number of anilines is 1. The summed E-state index contributed by atoms with van der Waals surface area (Å²) in [5, 5.41) is 3.56. The maximum absolute atomic E-state index is 12.8. The first-order chi connectivity index (χ1) is 13.6. The zero-order valence-electron chi connectivity index (χ0n) is 16.4. The van der Waals surface area contributed by atoms with Gasteiger partial charge in [0.05, 0.1) is 10.3 Å². The van der Waals surface area contributed by atoms with Crippen molar-refractivity contribution in [3.05, 3.63) is 56.4 Å². The first-order valence-corrected chi connectivity index (χ1v) is 10.8. The molecule has 0 fully saturated rings. The quantitative estimate of drug-likeness (QED) is 0.616. The van der Waals surface area contributed by atoms with Crippen molar-refractivity contribution >= 4 is 33.1 Å². The summed E-state index contributed by atoms with van der Waals surface area (Å²) in [6, 6.07) is 8.04. The number of thiophene rings is 1. The molecule has 5 nitrogen and oxygen atoms in total. The lowest BCUT2D eigenvalue weighted by Crippen LogP contribution is -2.20. The maximum Gasteiger partial charge on any atom is 0.266 e. The zero-order valence-corrected chi connectivity index (χ0v) is 17.2. The normalized spacial score (nSPS) is 13.1. The van der Waals surface area contributed by atoms with Gasteiger partial charge < -0.3 is 5.32 Å². The van der Waals surface area contributed by atoms with Crippen LogP contribution < -0.4 is 10.9 Å². The highest BCUT2D eigenvalue weighted by Crippen LogP contribution is 2.29. The van der Waals surface area contributed by atoms with Crippen LogP contribution in [0.3, 0.4) is 0 Å². The van der Waals surface area contributed by atoms with E-state index in [-0.39, 0.29) is 11.5 Å². The number of hydrogen-bond donors (Lipinski definition) is 1. The molecule has 0 atom stereocenters. The van der Waals surface area contributed by atoms with Gasteiger partial charge in [-0.1, -0.05) is 31.9 Å². The van der Waals surface area contributed by atoms with Gasteiger partial charge in [0.15, 0.2) is 0 Å². The standard InChI is InChI=1S/C22H25N3O2S/c1-3-4-5-7-15-9-11-16(12-10-15)23-20(26)19-14(2)18-21(28-19)24-17-8-6-13-25(17)22(18)27/h9-12H,3-8,13H2,1-2H3,(H,23,26). The van der Waals surface area contributed by atoms with Crippen molar-refractivity contribution in [2.75, 3.05) is 5.32 Å². The number of carbonyl (C=O) groups is 1. The van der Waals surface area contributed by atoms with E-state index in [0.29, 0.717) is 15.1 Å². The van der Waals surface area contributed by atoms with Gasteiger partial charge in [-0.05, 0) is 49.4 Å². The van der Waals surface area contributed by atoms with Crippen LogP contribution in [0.15, 0.2) is 29.1 Å². The third-order valence-corrected chi connectivity index (χ3v) is 6.58.